The van der Waals surface area contributed by atoms with Crippen molar-refractivity contribution in [2.24, 2.45) is 0 Å². The van der Waals surface area contributed by atoms with Gasteiger partial charge in [-0.3, -0.25) is 14.5 Å². The third kappa shape index (κ3) is 3.80. The van der Waals surface area contributed by atoms with Crippen LogP contribution in [0.3, 0.4) is 0 Å². The summed E-state index contributed by atoms with van der Waals surface area (Å²) in [5.74, 6) is -0.196. The van der Waals surface area contributed by atoms with Gasteiger partial charge >= 0.3 is 0 Å². The van der Waals surface area contributed by atoms with Gasteiger partial charge in [0.05, 0.1) is 6.04 Å². The standard InChI is InChI=1S/C14H17N5O.ClH/c20-14(17-11-3-7-15-8-4-11)13-5-9-19(18-13)12-2-1-6-16-10-12;/h3-5,7-9,12,16H,1-2,6,10H2,(H,15,17,20);1H. The highest BCUT2D eigenvalue weighted by molar-refractivity contribution is 6.02. The number of amides is 1. The lowest BCUT2D eigenvalue weighted by atomic mass is 10.1. The zero-order valence-corrected chi connectivity index (χ0v) is 12.3. The van der Waals surface area contributed by atoms with Crippen LogP contribution in [0.5, 0.6) is 0 Å². The summed E-state index contributed by atoms with van der Waals surface area (Å²) in [6, 6.07) is 5.59. The first-order chi connectivity index (χ1) is 9.83. The van der Waals surface area contributed by atoms with Crippen LogP contribution in [0.2, 0.25) is 0 Å². The summed E-state index contributed by atoms with van der Waals surface area (Å²) < 4.78 is 1.88. The first-order valence-corrected chi connectivity index (χ1v) is 6.80. The number of hydrogen-bond donors (Lipinski definition) is 2. The summed E-state index contributed by atoms with van der Waals surface area (Å²) in [5, 5.41) is 10.5. The fraction of sp³-hybridized carbons (Fsp3) is 0.357. The van der Waals surface area contributed by atoms with Crippen LogP contribution in [0, 0.1) is 0 Å². The molecule has 2 aromatic rings. The number of pyridine rings is 1. The zero-order chi connectivity index (χ0) is 13.8. The van der Waals surface area contributed by atoms with Crippen LogP contribution in [0.25, 0.3) is 0 Å². The molecule has 0 spiro atoms. The second-order valence-corrected chi connectivity index (χ2v) is 4.87. The molecule has 0 aromatic carbocycles. The largest absolute Gasteiger partial charge is 0.320 e. The lowest BCUT2D eigenvalue weighted by molar-refractivity contribution is 0.102. The van der Waals surface area contributed by atoms with Crippen molar-refractivity contribution < 1.29 is 4.79 Å². The Kier molecular flexibility index (Phi) is 5.30. The minimum atomic E-state index is -0.196. The van der Waals surface area contributed by atoms with Gasteiger partial charge in [0.15, 0.2) is 5.69 Å². The Hall–Kier alpha value is -1.92. The molecule has 0 saturated carbocycles. The maximum absolute atomic E-state index is 12.1. The van der Waals surface area contributed by atoms with Gasteiger partial charge in [-0.05, 0) is 37.6 Å². The van der Waals surface area contributed by atoms with E-state index in [1.54, 1.807) is 30.6 Å². The maximum atomic E-state index is 12.1. The second-order valence-electron chi connectivity index (χ2n) is 4.87. The highest BCUT2D eigenvalue weighted by Crippen LogP contribution is 2.16. The second kappa shape index (κ2) is 7.19. The van der Waals surface area contributed by atoms with E-state index in [1.165, 1.54) is 0 Å². The number of hydrogen-bond acceptors (Lipinski definition) is 4. The molecule has 0 aliphatic carbocycles. The Morgan fingerprint density at radius 2 is 2.14 bits per heavy atom. The minimum Gasteiger partial charge on any atom is -0.320 e. The molecule has 7 heteroatoms. The molecule has 3 rings (SSSR count). The molecule has 1 unspecified atom stereocenters. The van der Waals surface area contributed by atoms with E-state index in [4.69, 9.17) is 0 Å². The molecule has 1 saturated heterocycles. The van der Waals surface area contributed by atoms with Gasteiger partial charge in [-0.1, -0.05) is 0 Å². The van der Waals surface area contributed by atoms with Gasteiger partial charge in [0.2, 0.25) is 0 Å². The van der Waals surface area contributed by atoms with Crippen molar-refractivity contribution in [3.8, 4) is 0 Å². The third-order valence-electron chi connectivity index (χ3n) is 3.42. The number of carbonyl (C=O) groups is 1. The summed E-state index contributed by atoms with van der Waals surface area (Å²) in [4.78, 5) is 16.0. The van der Waals surface area contributed by atoms with Crippen molar-refractivity contribution in [1.29, 1.82) is 0 Å². The smallest absolute Gasteiger partial charge is 0.276 e. The van der Waals surface area contributed by atoms with Gasteiger partial charge in [0.1, 0.15) is 0 Å². The van der Waals surface area contributed by atoms with Crippen molar-refractivity contribution in [3.63, 3.8) is 0 Å². The van der Waals surface area contributed by atoms with Crippen LogP contribution in [0.1, 0.15) is 29.4 Å². The average molecular weight is 308 g/mol. The molecule has 1 aliphatic heterocycles. The van der Waals surface area contributed by atoms with Crippen molar-refractivity contribution in [2.45, 2.75) is 18.9 Å². The minimum absolute atomic E-state index is 0. The number of nitrogens with zero attached hydrogens (tertiary/aromatic N) is 3. The predicted molar refractivity (Wildman–Crippen MR) is 82.8 cm³/mol. The molecule has 21 heavy (non-hydrogen) atoms. The lowest BCUT2D eigenvalue weighted by Gasteiger charge is -2.22. The topological polar surface area (TPSA) is 71.8 Å². The normalized spacial score (nSPS) is 17.8. The monoisotopic (exact) mass is 307 g/mol. The molecule has 6 nitrogen and oxygen atoms in total. The number of anilines is 1. The van der Waals surface area contributed by atoms with Gasteiger partial charge in [0, 0.05) is 30.8 Å². The molecule has 1 atom stereocenters. The Morgan fingerprint density at radius 3 is 2.86 bits per heavy atom. The van der Waals surface area contributed by atoms with Gasteiger partial charge in [0.25, 0.3) is 5.91 Å². The van der Waals surface area contributed by atoms with Gasteiger partial charge in [-0.2, -0.15) is 5.10 Å². The van der Waals surface area contributed by atoms with E-state index >= 15 is 0 Å². The lowest BCUT2D eigenvalue weighted by Crippen LogP contribution is -2.32. The molecule has 0 bridgehead atoms. The number of carbonyl (C=O) groups excluding carboxylic acids is 1. The number of piperidine rings is 1. The van der Waals surface area contributed by atoms with Crippen molar-refractivity contribution in [2.75, 3.05) is 18.4 Å². The van der Waals surface area contributed by atoms with Crippen LogP contribution >= 0.6 is 12.4 Å². The van der Waals surface area contributed by atoms with Crippen LogP contribution < -0.4 is 10.6 Å². The van der Waals surface area contributed by atoms with Gasteiger partial charge in [-0.25, -0.2) is 0 Å². The van der Waals surface area contributed by atoms with E-state index in [9.17, 15) is 4.79 Å². The number of rotatable bonds is 3. The van der Waals surface area contributed by atoms with Crippen LogP contribution in [-0.2, 0) is 0 Å². The molecule has 0 radical (unpaired) electrons. The fourth-order valence-corrected chi connectivity index (χ4v) is 2.35. The van der Waals surface area contributed by atoms with Gasteiger partial charge < -0.3 is 10.6 Å². The molecular formula is C14H18ClN5O. The van der Waals surface area contributed by atoms with Crippen molar-refractivity contribution in [1.82, 2.24) is 20.1 Å². The number of nitrogens with one attached hydrogen (secondary N) is 2. The van der Waals surface area contributed by atoms with Crippen LogP contribution in [0.15, 0.2) is 36.8 Å². The fourth-order valence-electron chi connectivity index (χ4n) is 2.35. The maximum Gasteiger partial charge on any atom is 0.276 e. The molecule has 1 aliphatic rings. The average Bonchev–Trinajstić information content (AvgIpc) is 2.99. The predicted octanol–water partition coefficient (Wildman–Crippen LogP) is 1.88. The molecule has 1 fully saturated rings. The van der Waals surface area contributed by atoms with E-state index in [-0.39, 0.29) is 18.3 Å². The molecule has 2 aromatic heterocycles. The Labute approximate surface area is 129 Å². The molecule has 2 N–H and O–H groups in total. The number of aromatic nitrogens is 3. The highest BCUT2D eigenvalue weighted by atomic mass is 35.5. The Balaban J connectivity index is 0.00000161. The van der Waals surface area contributed by atoms with Crippen LogP contribution in [0.4, 0.5) is 5.69 Å². The molecular weight excluding hydrogens is 290 g/mol. The summed E-state index contributed by atoms with van der Waals surface area (Å²) >= 11 is 0. The van der Waals surface area contributed by atoms with Crippen molar-refractivity contribution in [3.05, 3.63) is 42.5 Å². The summed E-state index contributed by atoms with van der Waals surface area (Å²) in [5.41, 5.74) is 1.16. The zero-order valence-electron chi connectivity index (χ0n) is 11.5. The number of halogens is 1. The summed E-state index contributed by atoms with van der Waals surface area (Å²) in [7, 11) is 0. The third-order valence-corrected chi connectivity index (χ3v) is 3.42. The molecule has 3 heterocycles. The van der Waals surface area contributed by atoms with E-state index in [2.05, 4.69) is 20.7 Å². The van der Waals surface area contributed by atoms with E-state index < -0.39 is 0 Å². The summed E-state index contributed by atoms with van der Waals surface area (Å²) in [6.45, 7) is 1.97. The van der Waals surface area contributed by atoms with Crippen molar-refractivity contribution >= 4 is 24.0 Å². The van der Waals surface area contributed by atoms with E-state index in [0.29, 0.717) is 11.7 Å². The van der Waals surface area contributed by atoms with Crippen LogP contribution in [-0.4, -0.2) is 33.8 Å². The SMILES string of the molecule is Cl.O=C(Nc1ccncc1)c1ccn(C2CCCNC2)n1. The molecule has 1 amide bonds. The van der Waals surface area contributed by atoms with E-state index in [1.807, 2.05) is 10.9 Å². The first kappa shape index (κ1) is 15.5. The highest BCUT2D eigenvalue weighted by Gasteiger charge is 2.17. The molecule has 112 valence electrons. The Morgan fingerprint density at radius 1 is 1.33 bits per heavy atom. The van der Waals surface area contributed by atoms with Gasteiger partial charge in [-0.15, -0.1) is 12.4 Å². The van der Waals surface area contributed by atoms with E-state index in [0.717, 1.165) is 31.6 Å². The Bertz CT molecular complexity index is 580. The first-order valence-electron chi connectivity index (χ1n) is 6.80. The quantitative estimate of drug-likeness (QED) is 0.908. The summed E-state index contributed by atoms with van der Waals surface area (Å²) in [6.07, 6.45) is 7.39.